The summed E-state index contributed by atoms with van der Waals surface area (Å²) in [5.41, 5.74) is 2.51. The minimum absolute atomic E-state index is 0.0848. The maximum Gasteiger partial charge on any atom is 0.248 e. The van der Waals surface area contributed by atoms with Gasteiger partial charge in [-0.1, -0.05) is 11.6 Å². The molecule has 144 valence electrons. The van der Waals surface area contributed by atoms with Crippen molar-refractivity contribution in [1.82, 2.24) is 29.5 Å². The Morgan fingerprint density at radius 3 is 2.82 bits per heavy atom. The summed E-state index contributed by atoms with van der Waals surface area (Å²) < 4.78 is 28.4. The second-order valence-corrected chi connectivity index (χ2v) is 7.37. The number of imidazole rings is 1. The quantitative estimate of drug-likeness (QED) is 0.532. The Kier molecular flexibility index (Phi) is 3.94. The number of nitrogens with one attached hydrogen (secondary N) is 2. The van der Waals surface area contributed by atoms with E-state index in [4.69, 9.17) is 11.6 Å². The van der Waals surface area contributed by atoms with Crippen molar-refractivity contribution < 1.29 is 8.78 Å². The Labute approximate surface area is 163 Å². The van der Waals surface area contributed by atoms with Crippen LogP contribution in [0.25, 0.3) is 28.1 Å². The Hall–Kier alpha value is -2.81. The second-order valence-electron chi connectivity index (χ2n) is 6.98. The van der Waals surface area contributed by atoms with Gasteiger partial charge < -0.3 is 10.3 Å². The largest absolute Gasteiger partial charge is 0.351 e. The van der Waals surface area contributed by atoms with Gasteiger partial charge in [0.15, 0.2) is 10.8 Å². The van der Waals surface area contributed by atoms with E-state index in [-0.39, 0.29) is 18.9 Å². The van der Waals surface area contributed by atoms with Crippen LogP contribution >= 0.6 is 11.6 Å². The fraction of sp³-hybridized carbons (Fsp3) is 0.333. The zero-order chi connectivity index (χ0) is 19.3. The van der Waals surface area contributed by atoms with E-state index in [1.54, 1.807) is 6.20 Å². The summed E-state index contributed by atoms with van der Waals surface area (Å²) in [4.78, 5) is 16.4. The lowest BCUT2D eigenvalue weighted by Crippen LogP contribution is -2.32. The Bertz CT molecular complexity index is 1160. The minimum atomic E-state index is -2.57. The normalized spacial score (nSPS) is 17.4. The molecule has 4 heterocycles. The number of aromatic amines is 1. The van der Waals surface area contributed by atoms with Crippen LogP contribution in [-0.4, -0.2) is 41.5 Å². The zero-order valence-corrected chi connectivity index (χ0v) is 15.4. The standard InChI is InChI=1S/C18H16ClF2N7/c19-13-9-23-14-2-1-12(27-28(13)14)15-11-5-8-22-16(11)26-17(25-15)24-10-3-6-18(20,21)7-4-10/h1-2,5,8-10H,3-4,6-7H2,(H2,22,24,25,26). The lowest BCUT2D eigenvalue weighted by Gasteiger charge is -2.28. The Morgan fingerprint density at radius 1 is 1.18 bits per heavy atom. The number of H-pyrrole nitrogens is 1. The van der Waals surface area contributed by atoms with Crippen molar-refractivity contribution in [1.29, 1.82) is 0 Å². The lowest BCUT2D eigenvalue weighted by atomic mass is 9.92. The van der Waals surface area contributed by atoms with Gasteiger partial charge in [-0.3, -0.25) is 0 Å². The van der Waals surface area contributed by atoms with Gasteiger partial charge in [-0.15, -0.1) is 0 Å². The molecule has 0 unspecified atom stereocenters. The van der Waals surface area contributed by atoms with Gasteiger partial charge in [0.1, 0.15) is 17.0 Å². The molecule has 0 atom stereocenters. The summed E-state index contributed by atoms with van der Waals surface area (Å²) in [5, 5.41) is 8.95. The number of rotatable bonds is 3. The van der Waals surface area contributed by atoms with Gasteiger partial charge in [0, 0.05) is 30.5 Å². The van der Waals surface area contributed by atoms with E-state index in [1.807, 2.05) is 18.2 Å². The summed E-state index contributed by atoms with van der Waals surface area (Å²) in [6, 6.07) is 5.42. The van der Waals surface area contributed by atoms with Crippen LogP contribution in [0.3, 0.4) is 0 Å². The monoisotopic (exact) mass is 403 g/mol. The first-order valence-corrected chi connectivity index (χ1v) is 9.36. The summed E-state index contributed by atoms with van der Waals surface area (Å²) in [6.07, 6.45) is 3.81. The maximum absolute atomic E-state index is 13.4. The molecular weight excluding hydrogens is 388 g/mol. The van der Waals surface area contributed by atoms with Gasteiger partial charge in [0.2, 0.25) is 11.9 Å². The summed E-state index contributed by atoms with van der Waals surface area (Å²) >= 11 is 6.14. The molecule has 1 aliphatic carbocycles. The second kappa shape index (κ2) is 6.37. The van der Waals surface area contributed by atoms with Crippen molar-refractivity contribution in [3.8, 4) is 11.4 Å². The molecule has 1 aliphatic rings. The van der Waals surface area contributed by atoms with Crippen LogP contribution in [0.4, 0.5) is 14.7 Å². The lowest BCUT2D eigenvalue weighted by molar-refractivity contribution is -0.0361. The third-order valence-corrected chi connectivity index (χ3v) is 5.29. The first-order valence-electron chi connectivity index (χ1n) is 8.99. The summed E-state index contributed by atoms with van der Waals surface area (Å²) in [5.74, 6) is -2.18. The number of fused-ring (bicyclic) bond motifs is 2. The van der Waals surface area contributed by atoms with E-state index in [9.17, 15) is 8.78 Å². The maximum atomic E-state index is 13.4. The van der Waals surface area contributed by atoms with Gasteiger partial charge in [-0.05, 0) is 31.0 Å². The van der Waals surface area contributed by atoms with Crippen molar-refractivity contribution in [3.63, 3.8) is 0 Å². The highest BCUT2D eigenvalue weighted by molar-refractivity contribution is 6.29. The molecule has 0 aromatic carbocycles. The fourth-order valence-corrected chi connectivity index (χ4v) is 3.71. The van der Waals surface area contributed by atoms with Crippen LogP contribution in [-0.2, 0) is 0 Å². The molecule has 0 aliphatic heterocycles. The molecule has 0 bridgehead atoms. The van der Waals surface area contributed by atoms with E-state index in [1.165, 1.54) is 10.7 Å². The van der Waals surface area contributed by atoms with E-state index >= 15 is 0 Å². The van der Waals surface area contributed by atoms with Gasteiger partial charge in [0.05, 0.1) is 6.20 Å². The molecule has 0 amide bonds. The number of alkyl halides is 2. The molecule has 0 saturated heterocycles. The van der Waals surface area contributed by atoms with Gasteiger partial charge >= 0.3 is 0 Å². The van der Waals surface area contributed by atoms with Crippen LogP contribution in [0.2, 0.25) is 5.15 Å². The van der Waals surface area contributed by atoms with Gasteiger partial charge in [-0.25, -0.2) is 23.3 Å². The molecule has 28 heavy (non-hydrogen) atoms. The van der Waals surface area contributed by atoms with Crippen LogP contribution in [0.5, 0.6) is 0 Å². The predicted octanol–water partition coefficient (Wildman–Crippen LogP) is 4.31. The number of nitrogens with zero attached hydrogens (tertiary/aromatic N) is 5. The highest BCUT2D eigenvalue weighted by Crippen LogP contribution is 2.34. The first kappa shape index (κ1) is 17.3. The molecule has 0 radical (unpaired) electrons. The Balaban J connectivity index is 1.53. The molecular formula is C18H16ClF2N7. The van der Waals surface area contributed by atoms with Crippen molar-refractivity contribution >= 4 is 34.2 Å². The average Bonchev–Trinajstić information content (AvgIpc) is 3.29. The third kappa shape index (κ3) is 3.05. The van der Waals surface area contributed by atoms with Crippen molar-refractivity contribution in [2.24, 2.45) is 0 Å². The molecule has 4 aromatic rings. The average molecular weight is 404 g/mol. The van der Waals surface area contributed by atoms with Crippen molar-refractivity contribution in [2.45, 2.75) is 37.6 Å². The molecule has 10 heteroatoms. The molecule has 7 nitrogen and oxygen atoms in total. The molecule has 0 spiro atoms. The summed E-state index contributed by atoms with van der Waals surface area (Å²) in [7, 11) is 0. The highest BCUT2D eigenvalue weighted by atomic mass is 35.5. The van der Waals surface area contributed by atoms with E-state index < -0.39 is 5.92 Å². The van der Waals surface area contributed by atoms with Crippen LogP contribution < -0.4 is 5.32 Å². The van der Waals surface area contributed by atoms with Crippen molar-refractivity contribution in [2.75, 3.05) is 5.32 Å². The van der Waals surface area contributed by atoms with E-state index in [2.05, 4.69) is 30.4 Å². The number of hydrogen-bond donors (Lipinski definition) is 2. The topological polar surface area (TPSA) is 83.8 Å². The molecule has 1 fully saturated rings. The first-order chi connectivity index (χ1) is 13.5. The highest BCUT2D eigenvalue weighted by Gasteiger charge is 2.35. The number of halogens is 3. The zero-order valence-electron chi connectivity index (χ0n) is 14.7. The number of aromatic nitrogens is 6. The van der Waals surface area contributed by atoms with Gasteiger partial charge in [-0.2, -0.15) is 10.1 Å². The Morgan fingerprint density at radius 2 is 2.00 bits per heavy atom. The summed E-state index contributed by atoms with van der Waals surface area (Å²) in [6.45, 7) is 0. The smallest absolute Gasteiger partial charge is 0.248 e. The fourth-order valence-electron chi connectivity index (χ4n) is 3.54. The predicted molar refractivity (Wildman–Crippen MR) is 102 cm³/mol. The molecule has 5 rings (SSSR count). The minimum Gasteiger partial charge on any atom is -0.351 e. The van der Waals surface area contributed by atoms with E-state index in [0.717, 1.165) is 5.39 Å². The van der Waals surface area contributed by atoms with E-state index in [0.29, 0.717) is 46.6 Å². The van der Waals surface area contributed by atoms with Gasteiger partial charge in [0.25, 0.3) is 0 Å². The van der Waals surface area contributed by atoms with Crippen LogP contribution in [0, 0.1) is 0 Å². The van der Waals surface area contributed by atoms with Crippen LogP contribution in [0.1, 0.15) is 25.7 Å². The number of hydrogen-bond acceptors (Lipinski definition) is 5. The number of anilines is 1. The van der Waals surface area contributed by atoms with Crippen molar-refractivity contribution in [3.05, 3.63) is 35.7 Å². The third-order valence-electron chi connectivity index (χ3n) is 5.03. The van der Waals surface area contributed by atoms with Crippen LogP contribution in [0.15, 0.2) is 30.6 Å². The molecule has 4 aromatic heterocycles. The molecule has 2 N–H and O–H groups in total. The molecule has 1 saturated carbocycles. The SMILES string of the molecule is FC1(F)CCC(Nc2nc(-c3ccc4ncc(Cl)n4n3)c3cc[nH]c3n2)CC1.